The van der Waals surface area contributed by atoms with Crippen molar-refractivity contribution in [2.24, 2.45) is 10.4 Å². The van der Waals surface area contributed by atoms with Crippen LogP contribution < -0.4 is 20.1 Å². The van der Waals surface area contributed by atoms with Gasteiger partial charge in [0.2, 0.25) is 0 Å². The van der Waals surface area contributed by atoms with Crippen LogP contribution in [0.5, 0.6) is 11.5 Å². The summed E-state index contributed by atoms with van der Waals surface area (Å²) >= 11 is 0. The maximum absolute atomic E-state index is 12.8. The number of halogens is 3. The van der Waals surface area contributed by atoms with Crippen LogP contribution in [0.2, 0.25) is 0 Å². The molecule has 0 amide bonds. The third kappa shape index (κ3) is 7.94. The molecule has 1 fully saturated rings. The molecule has 28 heavy (non-hydrogen) atoms. The van der Waals surface area contributed by atoms with E-state index in [9.17, 15) is 13.9 Å². The first-order valence-corrected chi connectivity index (χ1v) is 9.35. The van der Waals surface area contributed by atoms with Gasteiger partial charge in [0.05, 0.1) is 19.8 Å². The molecule has 0 spiro atoms. The second-order valence-electron chi connectivity index (χ2n) is 6.70. The van der Waals surface area contributed by atoms with Gasteiger partial charge >= 0.3 is 6.61 Å². The van der Waals surface area contributed by atoms with Crippen LogP contribution in [0.15, 0.2) is 23.2 Å². The minimum absolute atomic E-state index is 0. The number of hydrogen-bond acceptors (Lipinski definition) is 4. The Labute approximate surface area is 182 Å². The van der Waals surface area contributed by atoms with Gasteiger partial charge in [0.1, 0.15) is 11.5 Å². The molecule has 0 aromatic heterocycles. The summed E-state index contributed by atoms with van der Waals surface area (Å²) in [6.07, 6.45) is 2.80. The number of nitrogens with zero attached hydrogens (tertiary/aromatic N) is 1. The van der Waals surface area contributed by atoms with Crippen LogP contribution in [0.3, 0.4) is 0 Å². The van der Waals surface area contributed by atoms with E-state index in [0.717, 1.165) is 19.3 Å². The fourth-order valence-electron chi connectivity index (χ4n) is 2.53. The highest BCUT2D eigenvalue weighted by atomic mass is 127. The van der Waals surface area contributed by atoms with E-state index in [2.05, 4.69) is 20.4 Å². The summed E-state index contributed by atoms with van der Waals surface area (Å²) in [5, 5.41) is 15.7. The summed E-state index contributed by atoms with van der Waals surface area (Å²) in [6.45, 7) is 3.12. The molecule has 2 rings (SSSR count). The van der Waals surface area contributed by atoms with E-state index >= 15 is 0 Å². The number of guanidine groups is 1. The SMILES string of the molecule is CCCOc1ccc(CN=C(NCC)NCC2(CO)CC2)c(OC(F)F)c1.I. The number of hydrogen-bond donors (Lipinski definition) is 3. The molecule has 0 radical (unpaired) electrons. The molecule has 0 heterocycles. The van der Waals surface area contributed by atoms with Crippen LogP contribution in [-0.4, -0.2) is 44.0 Å². The zero-order chi connectivity index (χ0) is 19.7. The molecule has 0 saturated heterocycles. The Morgan fingerprint density at radius 3 is 2.61 bits per heavy atom. The van der Waals surface area contributed by atoms with Crippen LogP contribution in [0.25, 0.3) is 0 Å². The minimum Gasteiger partial charge on any atom is -0.493 e. The maximum atomic E-state index is 12.8. The van der Waals surface area contributed by atoms with Gasteiger partial charge in [-0.3, -0.25) is 0 Å². The van der Waals surface area contributed by atoms with E-state index in [1.165, 1.54) is 6.07 Å². The number of benzene rings is 1. The zero-order valence-corrected chi connectivity index (χ0v) is 18.7. The summed E-state index contributed by atoms with van der Waals surface area (Å²) in [5.41, 5.74) is 0.484. The maximum Gasteiger partial charge on any atom is 0.387 e. The Balaban J connectivity index is 0.00000392. The lowest BCUT2D eigenvalue weighted by Crippen LogP contribution is -2.41. The molecule has 1 aromatic carbocycles. The van der Waals surface area contributed by atoms with Crippen molar-refractivity contribution in [1.82, 2.24) is 10.6 Å². The van der Waals surface area contributed by atoms with Crippen molar-refractivity contribution in [2.75, 3.05) is 26.3 Å². The monoisotopic (exact) mass is 513 g/mol. The highest BCUT2D eigenvalue weighted by molar-refractivity contribution is 14.0. The molecule has 1 aliphatic carbocycles. The van der Waals surface area contributed by atoms with Gasteiger partial charge in [0, 0.05) is 30.1 Å². The average Bonchev–Trinajstić information content (AvgIpc) is 3.43. The number of aliphatic hydroxyl groups is 1. The quantitative estimate of drug-likeness (QED) is 0.240. The summed E-state index contributed by atoms with van der Waals surface area (Å²) in [5.74, 6) is 1.13. The van der Waals surface area contributed by atoms with Crippen molar-refractivity contribution in [3.05, 3.63) is 23.8 Å². The summed E-state index contributed by atoms with van der Waals surface area (Å²) < 4.78 is 35.6. The molecular formula is C19H30F2IN3O3. The molecule has 160 valence electrons. The van der Waals surface area contributed by atoms with E-state index in [1.807, 2.05) is 13.8 Å². The Morgan fingerprint density at radius 1 is 1.29 bits per heavy atom. The van der Waals surface area contributed by atoms with E-state index in [-0.39, 0.29) is 48.3 Å². The van der Waals surface area contributed by atoms with Crippen molar-refractivity contribution < 1.29 is 23.4 Å². The lowest BCUT2D eigenvalue weighted by Gasteiger charge is -2.17. The van der Waals surface area contributed by atoms with E-state index in [0.29, 0.717) is 37.0 Å². The van der Waals surface area contributed by atoms with E-state index in [4.69, 9.17) is 4.74 Å². The van der Waals surface area contributed by atoms with Crippen molar-refractivity contribution in [1.29, 1.82) is 0 Å². The Hall–Kier alpha value is -1.36. The van der Waals surface area contributed by atoms with Crippen LogP contribution in [-0.2, 0) is 6.54 Å². The third-order valence-electron chi connectivity index (χ3n) is 4.40. The van der Waals surface area contributed by atoms with Crippen molar-refractivity contribution in [2.45, 2.75) is 46.3 Å². The second kappa shape index (κ2) is 12.3. The van der Waals surface area contributed by atoms with Gasteiger partial charge < -0.3 is 25.2 Å². The van der Waals surface area contributed by atoms with Crippen LogP contribution in [0.4, 0.5) is 8.78 Å². The van der Waals surface area contributed by atoms with Gasteiger partial charge in [-0.1, -0.05) is 6.92 Å². The van der Waals surface area contributed by atoms with Crippen LogP contribution >= 0.6 is 24.0 Å². The number of nitrogens with one attached hydrogen (secondary N) is 2. The second-order valence-corrected chi connectivity index (χ2v) is 6.70. The van der Waals surface area contributed by atoms with Crippen molar-refractivity contribution >= 4 is 29.9 Å². The molecule has 1 aliphatic rings. The number of rotatable bonds is 11. The molecule has 9 heteroatoms. The topological polar surface area (TPSA) is 75.1 Å². The fourth-order valence-corrected chi connectivity index (χ4v) is 2.53. The lowest BCUT2D eigenvalue weighted by molar-refractivity contribution is -0.0505. The number of aliphatic hydroxyl groups excluding tert-OH is 1. The number of aliphatic imine (C=N–C) groups is 1. The molecule has 0 atom stereocenters. The van der Waals surface area contributed by atoms with Gasteiger partial charge in [-0.25, -0.2) is 4.99 Å². The third-order valence-corrected chi connectivity index (χ3v) is 4.40. The molecular weight excluding hydrogens is 483 g/mol. The van der Waals surface area contributed by atoms with Gasteiger partial charge in [-0.05, 0) is 38.3 Å². The molecule has 1 saturated carbocycles. The Kier molecular flexibility index (Phi) is 10.8. The summed E-state index contributed by atoms with van der Waals surface area (Å²) in [4.78, 5) is 4.46. The predicted molar refractivity (Wildman–Crippen MR) is 116 cm³/mol. The molecule has 6 nitrogen and oxygen atoms in total. The first-order valence-electron chi connectivity index (χ1n) is 9.35. The number of alkyl halides is 2. The Bertz CT molecular complexity index is 628. The molecule has 1 aromatic rings. The van der Waals surface area contributed by atoms with Crippen molar-refractivity contribution in [3.8, 4) is 11.5 Å². The van der Waals surface area contributed by atoms with Crippen LogP contribution in [0, 0.1) is 5.41 Å². The lowest BCUT2D eigenvalue weighted by atomic mass is 10.1. The largest absolute Gasteiger partial charge is 0.493 e. The molecule has 0 bridgehead atoms. The predicted octanol–water partition coefficient (Wildman–Crippen LogP) is 3.52. The van der Waals surface area contributed by atoms with Gasteiger partial charge in [-0.2, -0.15) is 8.78 Å². The van der Waals surface area contributed by atoms with E-state index < -0.39 is 6.61 Å². The number of ether oxygens (including phenoxy) is 2. The summed E-state index contributed by atoms with van der Waals surface area (Å²) in [7, 11) is 0. The van der Waals surface area contributed by atoms with Crippen molar-refractivity contribution in [3.63, 3.8) is 0 Å². The smallest absolute Gasteiger partial charge is 0.387 e. The minimum atomic E-state index is -2.92. The highest BCUT2D eigenvalue weighted by Gasteiger charge is 2.41. The zero-order valence-electron chi connectivity index (χ0n) is 16.3. The summed E-state index contributed by atoms with van der Waals surface area (Å²) in [6, 6.07) is 4.88. The Morgan fingerprint density at radius 2 is 2.04 bits per heavy atom. The normalized spacial score (nSPS) is 15.0. The first-order chi connectivity index (χ1) is 13.0. The first kappa shape index (κ1) is 24.7. The molecule has 0 aliphatic heterocycles. The van der Waals surface area contributed by atoms with Gasteiger partial charge in [0.15, 0.2) is 5.96 Å². The van der Waals surface area contributed by atoms with Gasteiger partial charge in [0.25, 0.3) is 0 Å². The van der Waals surface area contributed by atoms with E-state index in [1.54, 1.807) is 12.1 Å². The van der Waals surface area contributed by atoms with Gasteiger partial charge in [-0.15, -0.1) is 24.0 Å². The molecule has 3 N–H and O–H groups in total. The molecule has 0 unspecified atom stereocenters. The van der Waals surface area contributed by atoms with Crippen LogP contribution in [0.1, 0.15) is 38.7 Å². The fraction of sp³-hybridized carbons (Fsp3) is 0.632. The highest BCUT2D eigenvalue weighted by Crippen LogP contribution is 2.44. The standard InChI is InChI=1S/C19H29F2N3O3.HI/c1-3-9-26-15-6-5-14(16(10-15)27-17(20)21)11-23-18(22-4-2)24-12-19(13-25)7-8-19;/h5-6,10,17,25H,3-4,7-9,11-13H2,1-2H3,(H2,22,23,24);1H. The average molecular weight is 513 g/mol.